The van der Waals surface area contributed by atoms with Gasteiger partial charge in [-0.15, -0.1) is 0 Å². The Balaban J connectivity index is 1.56. The second-order valence-electron chi connectivity index (χ2n) is 5.19. The van der Waals surface area contributed by atoms with Crippen LogP contribution >= 0.6 is 23.1 Å². The predicted molar refractivity (Wildman–Crippen MR) is 84.9 cm³/mol. The number of hydrogen-bond donors (Lipinski definition) is 1. The van der Waals surface area contributed by atoms with Gasteiger partial charge in [-0.3, -0.25) is 4.90 Å². The van der Waals surface area contributed by atoms with E-state index in [0.29, 0.717) is 12.1 Å². The Morgan fingerprint density at radius 3 is 2.73 bits per heavy atom. The maximum absolute atomic E-state index is 13.1. The van der Waals surface area contributed by atoms with Crippen molar-refractivity contribution in [2.24, 2.45) is 0 Å². The molecule has 1 unspecified atom stereocenters. The minimum absolute atomic E-state index is 0.264. The van der Waals surface area contributed by atoms with Crippen molar-refractivity contribution < 1.29 is 9.50 Å². The Labute approximate surface area is 137 Å². The molecule has 2 heterocycles. The van der Waals surface area contributed by atoms with E-state index in [4.69, 9.17) is 11.6 Å². The molecule has 2 aromatic rings. The van der Waals surface area contributed by atoms with Crippen molar-refractivity contribution >= 4 is 28.3 Å². The van der Waals surface area contributed by atoms with E-state index in [1.54, 1.807) is 12.4 Å². The molecule has 8 heteroatoms. The molecule has 1 aromatic carbocycles. The molecule has 22 heavy (non-hydrogen) atoms. The van der Waals surface area contributed by atoms with E-state index in [1.165, 1.54) is 23.7 Å². The molecule has 1 N–H and O–H groups in total. The molecule has 1 aromatic heterocycles. The first-order valence-corrected chi connectivity index (χ1v) is 8.15. The van der Waals surface area contributed by atoms with Gasteiger partial charge in [-0.05, 0) is 12.1 Å². The number of nitrogens with zero attached hydrogens (tertiary/aromatic N) is 4. The minimum Gasteiger partial charge on any atom is -0.387 e. The van der Waals surface area contributed by atoms with E-state index < -0.39 is 11.9 Å². The summed E-state index contributed by atoms with van der Waals surface area (Å²) in [5, 5.41) is 11.5. The smallest absolute Gasteiger partial charge is 0.205 e. The molecule has 1 fully saturated rings. The highest BCUT2D eigenvalue weighted by atomic mass is 35.5. The van der Waals surface area contributed by atoms with Crippen LogP contribution in [0.4, 0.5) is 9.52 Å². The lowest BCUT2D eigenvalue weighted by Gasteiger charge is -2.35. The zero-order chi connectivity index (χ0) is 15.5. The second kappa shape index (κ2) is 6.87. The van der Waals surface area contributed by atoms with Crippen molar-refractivity contribution in [1.29, 1.82) is 0 Å². The topological polar surface area (TPSA) is 52.5 Å². The zero-order valence-corrected chi connectivity index (χ0v) is 13.4. The maximum Gasteiger partial charge on any atom is 0.205 e. The summed E-state index contributed by atoms with van der Waals surface area (Å²) in [5.41, 5.74) is 0.564. The summed E-state index contributed by atoms with van der Waals surface area (Å²) >= 11 is 7.38. The molecule has 1 saturated heterocycles. The van der Waals surface area contributed by atoms with Crippen molar-refractivity contribution in [3.63, 3.8) is 0 Å². The van der Waals surface area contributed by atoms with E-state index in [0.717, 1.165) is 31.3 Å². The quantitative estimate of drug-likeness (QED) is 0.923. The molecule has 1 atom stereocenters. The van der Waals surface area contributed by atoms with Gasteiger partial charge in [-0.25, -0.2) is 9.37 Å². The molecule has 0 spiro atoms. The highest BCUT2D eigenvalue weighted by molar-refractivity contribution is 7.09. The lowest BCUT2D eigenvalue weighted by molar-refractivity contribution is 0.109. The number of aromatic nitrogens is 2. The number of halogens is 2. The van der Waals surface area contributed by atoms with E-state index in [-0.39, 0.29) is 5.02 Å². The van der Waals surface area contributed by atoms with E-state index in [1.807, 2.05) is 0 Å². The van der Waals surface area contributed by atoms with Crippen LogP contribution in [0.3, 0.4) is 0 Å². The van der Waals surface area contributed by atoms with Crippen LogP contribution in [0.2, 0.25) is 5.02 Å². The summed E-state index contributed by atoms with van der Waals surface area (Å²) in [4.78, 5) is 8.56. The van der Waals surface area contributed by atoms with Crippen molar-refractivity contribution in [3.05, 3.63) is 40.9 Å². The molecule has 118 valence electrons. The van der Waals surface area contributed by atoms with Crippen molar-refractivity contribution in [3.8, 4) is 0 Å². The number of rotatable bonds is 4. The monoisotopic (exact) mass is 342 g/mol. The van der Waals surface area contributed by atoms with Gasteiger partial charge in [-0.1, -0.05) is 17.7 Å². The van der Waals surface area contributed by atoms with E-state index in [9.17, 15) is 9.50 Å². The Morgan fingerprint density at radius 1 is 1.32 bits per heavy atom. The average molecular weight is 343 g/mol. The highest BCUT2D eigenvalue weighted by Crippen LogP contribution is 2.25. The third kappa shape index (κ3) is 3.55. The Bertz CT molecular complexity index is 619. The summed E-state index contributed by atoms with van der Waals surface area (Å²) in [6.07, 6.45) is 0.841. The molecule has 0 saturated carbocycles. The number of anilines is 1. The maximum atomic E-state index is 13.1. The molecule has 0 aliphatic carbocycles. The number of benzene rings is 1. The first-order valence-electron chi connectivity index (χ1n) is 7.00. The lowest BCUT2D eigenvalue weighted by atomic mass is 10.1. The van der Waals surface area contributed by atoms with Gasteiger partial charge in [0.05, 0.1) is 6.10 Å². The second-order valence-corrected chi connectivity index (χ2v) is 6.36. The van der Waals surface area contributed by atoms with E-state index in [2.05, 4.69) is 19.2 Å². The first-order chi connectivity index (χ1) is 10.6. The summed E-state index contributed by atoms with van der Waals surface area (Å²) < 4.78 is 17.1. The summed E-state index contributed by atoms with van der Waals surface area (Å²) in [7, 11) is 0. The number of β-amino-alcohol motifs (C(OH)–C–C–N with tert-alkyl or cyclic N) is 1. The first kappa shape index (κ1) is 15.6. The van der Waals surface area contributed by atoms with Crippen molar-refractivity contribution in [1.82, 2.24) is 14.3 Å². The fraction of sp³-hybridized carbons (Fsp3) is 0.429. The molecule has 3 rings (SSSR count). The standard InChI is InChI=1S/C14H16ClFN4OS/c15-12-7-10(16)1-2-11(12)13(21)8-19-3-5-20(6-4-19)14-17-9-18-22-14/h1-2,7,9,13,21H,3-6,8H2. The molecule has 0 amide bonds. The Kier molecular flexibility index (Phi) is 4.87. The largest absolute Gasteiger partial charge is 0.387 e. The fourth-order valence-electron chi connectivity index (χ4n) is 2.54. The van der Waals surface area contributed by atoms with Crippen LogP contribution in [-0.4, -0.2) is 52.1 Å². The molecular weight excluding hydrogens is 327 g/mol. The van der Waals surface area contributed by atoms with Gasteiger partial charge in [-0.2, -0.15) is 4.37 Å². The fourth-order valence-corrected chi connectivity index (χ4v) is 3.42. The van der Waals surface area contributed by atoms with Crippen LogP contribution < -0.4 is 4.90 Å². The zero-order valence-electron chi connectivity index (χ0n) is 11.8. The third-order valence-electron chi connectivity index (χ3n) is 3.75. The van der Waals surface area contributed by atoms with Gasteiger partial charge < -0.3 is 10.0 Å². The van der Waals surface area contributed by atoms with Gasteiger partial charge >= 0.3 is 0 Å². The average Bonchev–Trinajstić information content (AvgIpc) is 3.02. The molecule has 1 aliphatic heterocycles. The van der Waals surface area contributed by atoms with Crippen LogP contribution in [0.1, 0.15) is 11.7 Å². The Morgan fingerprint density at radius 2 is 2.09 bits per heavy atom. The molecule has 5 nitrogen and oxygen atoms in total. The number of hydrogen-bond acceptors (Lipinski definition) is 6. The van der Waals surface area contributed by atoms with Crippen LogP contribution in [0.15, 0.2) is 24.5 Å². The highest BCUT2D eigenvalue weighted by Gasteiger charge is 2.22. The van der Waals surface area contributed by atoms with Gasteiger partial charge in [0.25, 0.3) is 0 Å². The van der Waals surface area contributed by atoms with E-state index >= 15 is 0 Å². The predicted octanol–water partition coefficient (Wildman–Crippen LogP) is 2.19. The lowest BCUT2D eigenvalue weighted by Crippen LogP contribution is -2.47. The van der Waals surface area contributed by atoms with Crippen molar-refractivity contribution in [2.75, 3.05) is 37.6 Å². The van der Waals surface area contributed by atoms with Crippen LogP contribution in [0.5, 0.6) is 0 Å². The van der Waals surface area contributed by atoms with Gasteiger partial charge in [0, 0.05) is 54.8 Å². The van der Waals surface area contributed by atoms with Crippen LogP contribution in [0.25, 0.3) is 0 Å². The SMILES string of the molecule is OC(CN1CCN(c2ncns2)CC1)c1ccc(F)cc1Cl. The minimum atomic E-state index is -0.721. The molecule has 0 bridgehead atoms. The number of aliphatic hydroxyl groups is 1. The Hall–Kier alpha value is -1.28. The molecular formula is C14H16ClFN4OS. The van der Waals surface area contributed by atoms with Gasteiger partial charge in [0.2, 0.25) is 5.13 Å². The summed E-state index contributed by atoms with van der Waals surface area (Å²) in [5.74, 6) is -0.397. The summed E-state index contributed by atoms with van der Waals surface area (Å²) in [6.45, 7) is 3.83. The molecule has 0 radical (unpaired) electrons. The van der Waals surface area contributed by atoms with Gasteiger partial charge in [0.1, 0.15) is 12.1 Å². The normalized spacial score (nSPS) is 17.7. The van der Waals surface area contributed by atoms with Crippen LogP contribution in [0, 0.1) is 5.82 Å². The van der Waals surface area contributed by atoms with Crippen molar-refractivity contribution in [2.45, 2.75) is 6.10 Å². The summed E-state index contributed by atoms with van der Waals surface area (Å²) in [6, 6.07) is 4.09. The third-order valence-corrected chi connectivity index (χ3v) is 4.80. The van der Waals surface area contributed by atoms with Gasteiger partial charge in [0.15, 0.2) is 0 Å². The number of aliphatic hydroxyl groups excluding tert-OH is 1. The van der Waals surface area contributed by atoms with Crippen LogP contribution in [-0.2, 0) is 0 Å². The molecule has 1 aliphatic rings. The number of piperazine rings is 1.